The zero-order valence-corrected chi connectivity index (χ0v) is 24.8. The fraction of sp³-hybridized carbons (Fsp3) is 0.517. The van der Waals surface area contributed by atoms with Gasteiger partial charge in [-0.1, -0.05) is 12.1 Å². The standard InChI is InChI=1S/C29H43N7O5/c1-28(2,3)40-26(38)32-14-8-11-19-10-7-12-20(18-19)34-23-22-21(13-17-30-24(22)37)35-25(36-23)31-15-9-16-33-27(39)41-29(4,5)6/h7,10,12-13,17-18,24,30,37H,8-9,11,14-16H2,1-6H3,(H,32,38)(H,33,39)(H2,31,34,35,36). The molecular weight excluding hydrogens is 526 g/mol. The number of aliphatic hydroxyl groups excluding tert-OH is 1. The molecule has 0 bridgehead atoms. The summed E-state index contributed by atoms with van der Waals surface area (Å²) in [5, 5.41) is 25.5. The number of carbonyl (C=O) groups is 2. The highest BCUT2D eigenvalue weighted by Gasteiger charge is 2.22. The van der Waals surface area contributed by atoms with Crippen LogP contribution in [0.2, 0.25) is 0 Å². The van der Waals surface area contributed by atoms with E-state index in [-0.39, 0.29) is 0 Å². The van der Waals surface area contributed by atoms with Crippen molar-refractivity contribution in [3.05, 3.63) is 47.3 Å². The van der Waals surface area contributed by atoms with Gasteiger partial charge < -0.3 is 41.2 Å². The van der Waals surface area contributed by atoms with E-state index in [1.165, 1.54) is 0 Å². The number of ether oxygens (including phenoxy) is 2. The number of hydrogen-bond acceptors (Lipinski definition) is 10. The van der Waals surface area contributed by atoms with Gasteiger partial charge in [0.1, 0.15) is 17.0 Å². The summed E-state index contributed by atoms with van der Waals surface area (Å²) in [7, 11) is 0. The second kappa shape index (κ2) is 14.0. The molecule has 0 radical (unpaired) electrons. The molecule has 1 aliphatic heterocycles. The van der Waals surface area contributed by atoms with E-state index in [1.807, 2.05) is 65.8 Å². The Bertz CT molecular complexity index is 1220. The maximum Gasteiger partial charge on any atom is 0.407 e. The van der Waals surface area contributed by atoms with Crippen molar-refractivity contribution in [2.45, 2.75) is 78.2 Å². The number of hydrogen-bond donors (Lipinski definition) is 6. The summed E-state index contributed by atoms with van der Waals surface area (Å²) in [4.78, 5) is 32.9. The second-order valence-electron chi connectivity index (χ2n) is 11.7. The number of rotatable bonds is 11. The maximum atomic E-state index is 11.9. The van der Waals surface area contributed by atoms with Crippen molar-refractivity contribution >= 4 is 35.7 Å². The first-order chi connectivity index (χ1) is 19.3. The van der Waals surface area contributed by atoms with Gasteiger partial charge in [-0.3, -0.25) is 0 Å². The van der Waals surface area contributed by atoms with E-state index in [4.69, 9.17) is 9.47 Å². The summed E-state index contributed by atoms with van der Waals surface area (Å²) in [6, 6.07) is 7.89. The van der Waals surface area contributed by atoms with Gasteiger partial charge >= 0.3 is 12.2 Å². The van der Waals surface area contributed by atoms with Gasteiger partial charge in [0.15, 0.2) is 6.23 Å². The summed E-state index contributed by atoms with van der Waals surface area (Å²) >= 11 is 0. The average molecular weight is 570 g/mol. The summed E-state index contributed by atoms with van der Waals surface area (Å²) < 4.78 is 10.5. The molecule has 1 unspecified atom stereocenters. The number of fused-ring (bicyclic) bond motifs is 1. The molecule has 1 aromatic carbocycles. The quantitative estimate of drug-likeness (QED) is 0.212. The van der Waals surface area contributed by atoms with Crippen molar-refractivity contribution in [2.75, 3.05) is 30.3 Å². The molecule has 2 heterocycles. The third kappa shape index (κ3) is 11.1. The van der Waals surface area contributed by atoms with Crippen molar-refractivity contribution in [3.63, 3.8) is 0 Å². The number of aliphatic hydroxyl groups is 1. The van der Waals surface area contributed by atoms with Gasteiger partial charge in [-0.15, -0.1) is 0 Å². The fourth-order valence-corrected chi connectivity index (χ4v) is 3.89. The lowest BCUT2D eigenvalue weighted by atomic mass is 10.1. The number of benzene rings is 1. The maximum absolute atomic E-state index is 11.9. The molecule has 0 saturated heterocycles. The van der Waals surface area contributed by atoms with Crippen LogP contribution < -0.4 is 26.6 Å². The third-order valence-electron chi connectivity index (χ3n) is 5.55. The van der Waals surface area contributed by atoms with E-state index in [2.05, 4.69) is 36.6 Å². The third-order valence-corrected chi connectivity index (χ3v) is 5.55. The highest BCUT2D eigenvalue weighted by molar-refractivity contribution is 5.69. The molecule has 41 heavy (non-hydrogen) atoms. The van der Waals surface area contributed by atoms with E-state index < -0.39 is 29.6 Å². The molecule has 2 amide bonds. The molecule has 2 aromatic rings. The van der Waals surface area contributed by atoms with Crippen molar-refractivity contribution in [2.24, 2.45) is 0 Å². The smallest absolute Gasteiger partial charge is 0.407 e. The Labute approximate surface area is 241 Å². The second-order valence-corrected chi connectivity index (χ2v) is 11.7. The lowest BCUT2D eigenvalue weighted by molar-refractivity contribution is 0.0516. The number of carbonyl (C=O) groups excluding carboxylic acids is 2. The van der Waals surface area contributed by atoms with Crippen LogP contribution in [0.5, 0.6) is 0 Å². The van der Waals surface area contributed by atoms with Crippen LogP contribution >= 0.6 is 0 Å². The van der Waals surface area contributed by atoms with E-state index in [1.54, 1.807) is 12.3 Å². The molecule has 224 valence electrons. The van der Waals surface area contributed by atoms with Crippen LogP contribution in [-0.2, 0) is 15.9 Å². The minimum absolute atomic E-state index is 0.395. The van der Waals surface area contributed by atoms with Gasteiger partial charge in [0.25, 0.3) is 0 Å². The molecule has 1 atom stereocenters. The average Bonchev–Trinajstić information content (AvgIpc) is 2.84. The van der Waals surface area contributed by atoms with E-state index in [9.17, 15) is 14.7 Å². The lowest BCUT2D eigenvalue weighted by Gasteiger charge is -2.22. The first kappa shape index (κ1) is 31.5. The first-order valence-electron chi connectivity index (χ1n) is 13.9. The molecule has 1 aliphatic rings. The van der Waals surface area contributed by atoms with E-state index in [0.29, 0.717) is 49.1 Å². The van der Waals surface area contributed by atoms with Crippen LogP contribution in [0.15, 0.2) is 30.5 Å². The normalized spacial score (nSPS) is 14.4. The Kier molecular flexibility index (Phi) is 10.8. The Balaban J connectivity index is 1.59. The van der Waals surface area contributed by atoms with Crippen molar-refractivity contribution in [3.8, 4) is 0 Å². The Hall–Kier alpha value is -4.06. The van der Waals surface area contributed by atoms with Gasteiger partial charge in [-0.05, 0) is 84.6 Å². The monoisotopic (exact) mass is 569 g/mol. The number of amides is 2. The topological polar surface area (TPSA) is 159 Å². The molecule has 1 aromatic heterocycles. The molecule has 3 rings (SSSR count). The molecule has 12 heteroatoms. The molecule has 6 N–H and O–H groups in total. The number of nitrogens with one attached hydrogen (secondary N) is 5. The zero-order chi connectivity index (χ0) is 30.0. The Morgan fingerprint density at radius 3 is 2.27 bits per heavy atom. The van der Waals surface area contributed by atoms with Crippen LogP contribution in [0.1, 0.15) is 77.4 Å². The number of nitrogens with zero attached hydrogens (tertiary/aromatic N) is 2. The summed E-state index contributed by atoms with van der Waals surface area (Å²) in [5.41, 5.74) is 1.94. The summed E-state index contributed by atoms with van der Waals surface area (Å²) in [6.45, 7) is 12.4. The summed E-state index contributed by atoms with van der Waals surface area (Å²) in [5.74, 6) is 0.865. The molecule has 0 fully saturated rings. The predicted octanol–water partition coefficient (Wildman–Crippen LogP) is 4.57. The van der Waals surface area contributed by atoms with Crippen molar-refractivity contribution in [1.29, 1.82) is 0 Å². The van der Waals surface area contributed by atoms with Crippen LogP contribution in [-0.4, -0.2) is 58.1 Å². The highest BCUT2D eigenvalue weighted by Crippen LogP contribution is 2.30. The predicted molar refractivity (Wildman–Crippen MR) is 159 cm³/mol. The minimum atomic E-state index is -0.966. The van der Waals surface area contributed by atoms with Crippen LogP contribution in [0.3, 0.4) is 0 Å². The highest BCUT2D eigenvalue weighted by atomic mass is 16.6. The first-order valence-corrected chi connectivity index (χ1v) is 13.9. The van der Waals surface area contributed by atoms with Gasteiger partial charge in [0, 0.05) is 31.5 Å². The zero-order valence-electron chi connectivity index (χ0n) is 24.8. The van der Waals surface area contributed by atoms with Gasteiger partial charge in [0.2, 0.25) is 5.95 Å². The van der Waals surface area contributed by atoms with Crippen molar-refractivity contribution < 1.29 is 24.2 Å². The molecular formula is C29H43N7O5. The van der Waals surface area contributed by atoms with Gasteiger partial charge in [0.05, 0.1) is 11.3 Å². The number of anilines is 3. The minimum Gasteiger partial charge on any atom is -0.444 e. The molecule has 0 saturated carbocycles. The summed E-state index contributed by atoms with van der Waals surface area (Å²) in [6.07, 6.45) is 3.70. The number of aromatic nitrogens is 2. The Morgan fingerprint density at radius 1 is 0.951 bits per heavy atom. The Morgan fingerprint density at radius 2 is 1.61 bits per heavy atom. The fourth-order valence-electron chi connectivity index (χ4n) is 3.89. The van der Waals surface area contributed by atoms with Crippen LogP contribution in [0, 0.1) is 0 Å². The van der Waals surface area contributed by atoms with E-state index in [0.717, 1.165) is 24.1 Å². The van der Waals surface area contributed by atoms with Crippen LogP contribution in [0.4, 0.5) is 27.0 Å². The SMILES string of the molecule is CC(C)(C)OC(=O)NCCCNc1nc2c(c(Nc3cccc(CCCNC(=O)OC(C)(C)C)c3)n1)C(O)NC=C2. The van der Waals surface area contributed by atoms with Gasteiger partial charge in [-0.25, -0.2) is 14.6 Å². The van der Waals surface area contributed by atoms with E-state index >= 15 is 0 Å². The van der Waals surface area contributed by atoms with Gasteiger partial charge in [-0.2, -0.15) is 4.98 Å². The van der Waals surface area contributed by atoms with Crippen molar-refractivity contribution in [1.82, 2.24) is 25.9 Å². The lowest BCUT2D eigenvalue weighted by Crippen LogP contribution is -2.33. The number of aryl methyl sites for hydroxylation is 1. The number of alkyl carbamates (subject to hydrolysis) is 2. The molecule has 0 spiro atoms. The molecule has 0 aliphatic carbocycles. The van der Waals surface area contributed by atoms with Crippen LogP contribution in [0.25, 0.3) is 6.08 Å². The largest absolute Gasteiger partial charge is 0.444 e. The molecule has 12 nitrogen and oxygen atoms in total.